The molecule has 2 aromatic carbocycles. The second-order valence-corrected chi connectivity index (χ2v) is 4.94. The van der Waals surface area contributed by atoms with Crippen molar-refractivity contribution in [3.05, 3.63) is 80.6 Å². The van der Waals surface area contributed by atoms with Crippen molar-refractivity contribution in [3.63, 3.8) is 0 Å². The van der Waals surface area contributed by atoms with E-state index in [0.717, 1.165) is 0 Å². The number of hydrazone groups is 1. The number of nitrogens with one attached hydrogen (secondary N) is 2. The lowest BCUT2D eigenvalue weighted by Gasteiger charge is -2.01. The zero-order chi connectivity index (χ0) is 17.6. The number of benzene rings is 2. The largest absolute Gasteiger partial charge is 0.288 e. The lowest BCUT2D eigenvalue weighted by molar-refractivity contribution is -0.384. The molecule has 0 aliphatic heterocycles. The molecule has 0 unspecified atom stereocenters. The predicted octanol–water partition coefficient (Wildman–Crippen LogP) is 2.19. The van der Waals surface area contributed by atoms with Gasteiger partial charge in [0.25, 0.3) is 11.2 Å². The van der Waals surface area contributed by atoms with Crippen LogP contribution in [0.1, 0.15) is 5.56 Å². The molecule has 1 aromatic heterocycles. The van der Waals surface area contributed by atoms with E-state index in [1.807, 2.05) is 6.07 Å². The number of anilines is 1. The van der Waals surface area contributed by atoms with Crippen LogP contribution >= 0.6 is 0 Å². The van der Waals surface area contributed by atoms with E-state index in [4.69, 9.17) is 0 Å². The molecule has 0 radical (unpaired) electrons. The summed E-state index contributed by atoms with van der Waals surface area (Å²) >= 11 is 0. The molecule has 0 bridgehead atoms. The Morgan fingerprint density at radius 1 is 1.08 bits per heavy atom. The highest BCUT2D eigenvalue weighted by atomic mass is 16.6. The van der Waals surface area contributed by atoms with Crippen LogP contribution in [0.25, 0.3) is 11.3 Å². The number of aromatic amines is 1. The van der Waals surface area contributed by atoms with Crippen molar-refractivity contribution < 1.29 is 4.92 Å². The van der Waals surface area contributed by atoms with E-state index < -0.39 is 10.5 Å². The third-order valence-corrected chi connectivity index (χ3v) is 3.23. The molecule has 124 valence electrons. The average Bonchev–Trinajstić information content (AvgIpc) is 2.63. The molecule has 0 saturated carbocycles. The quantitative estimate of drug-likeness (QED) is 0.418. The van der Waals surface area contributed by atoms with E-state index in [1.165, 1.54) is 18.3 Å². The molecule has 3 rings (SSSR count). The van der Waals surface area contributed by atoms with Crippen LogP contribution < -0.4 is 11.0 Å². The summed E-state index contributed by atoms with van der Waals surface area (Å²) < 4.78 is 0. The number of nitrogens with zero attached hydrogens (tertiary/aromatic N) is 4. The third-order valence-electron chi connectivity index (χ3n) is 3.23. The monoisotopic (exact) mass is 336 g/mol. The maximum atomic E-state index is 12.1. The molecule has 3 aromatic rings. The number of aromatic nitrogens is 3. The van der Waals surface area contributed by atoms with Gasteiger partial charge in [-0.05, 0) is 17.7 Å². The maximum Gasteiger partial charge on any atom is 0.279 e. The SMILES string of the molecule is O=c1[nH]c(NN=Cc2ccc([N+](=O)[O-])cc2)nnc1-c1ccccc1. The van der Waals surface area contributed by atoms with Gasteiger partial charge in [-0.1, -0.05) is 30.3 Å². The van der Waals surface area contributed by atoms with Gasteiger partial charge in [-0.2, -0.15) is 5.10 Å². The highest BCUT2D eigenvalue weighted by molar-refractivity contribution is 5.80. The van der Waals surface area contributed by atoms with Crippen LogP contribution in [-0.4, -0.2) is 26.3 Å². The molecule has 0 spiro atoms. The van der Waals surface area contributed by atoms with Crippen molar-refractivity contribution in [1.29, 1.82) is 0 Å². The Morgan fingerprint density at radius 2 is 1.80 bits per heavy atom. The minimum atomic E-state index is -0.478. The lowest BCUT2D eigenvalue weighted by Crippen LogP contribution is -2.15. The topological polar surface area (TPSA) is 126 Å². The van der Waals surface area contributed by atoms with Crippen LogP contribution in [0.5, 0.6) is 0 Å². The van der Waals surface area contributed by atoms with Crippen molar-refractivity contribution in [3.8, 4) is 11.3 Å². The minimum Gasteiger partial charge on any atom is -0.288 e. The summed E-state index contributed by atoms with van der Waals surface area (Å²) in [5, 5.41) is 22.3. The van der Waals surface area contributed by atoms with Gasteiger partial charge in [0.1, 0.15) is 0 Å². The molecule has 0 amide bonds. The van der Waals surface area contributed by atoms with E-state index >= 15 is 0 Å². The first kappa shape index (κ1) is 16.0. The van der Waals surface area contributed by atoms with Gasteiger partial charge in [-0.15, -0.1) is 10.2 Å². The second-order valence-electron chi connectivity index (χ2n) is 4.94. The molecule has 0 aliphatic rings. The van der Waals surface area contributed by atoms with E-state index in [9.17, 15) is 14.9 Å². The fourth-order valence-electron chi connectivity index (χ4n) is 2.02. The molecular formula is C16H12N6O3. The Morgan fingerprint density at radius 3 is 2.44 bits per heavy atom. The van der Waals surface area contributed by atoms with Crippen molar-refractivity contribution in [1.82, 2.24) is 15.2 Å². The summed E-state index contributed by atoms with van der Waals surface area (Å²) in [7, 11) is 0. The minimum absolute atomic E-state index is 0.00296. The molecule has 0 fully saturated rings. The molecular weight excluding hydrogens is 324 g/mol. The van der Waals surface area contributed by atoms with Gasteiger partial charge in [0.05, 0.1) is 11.1 Å². The van der Waals surface area contributed by atoms with Crippen molar-refractivity contribution in [2.24, 2.45) is 5.10 Å². The Hall–Kier alpha value is -3.88. The van der Waals surface area contributed by atoms with Gasteiger partial charge in [-0.25, -0.2) is 5.43 Å². The van der Waals surface area contributed by atoms with Gasteiger partial charge in [0, 0.05) is 17.7 Å². The van der Waals surface area contributed by atoms with Crippen LogP contribution in [0.3, 0.4) is 0 Å². The summed E-state index contributed by atoms with van der Waals surface area (Å²) in [5.41, 5.74) is 3.68. The predicted molar refractivity (Wildman–Crippen MR) is 92.4 cm³/mol. The standard InChI is InChI=1S/C16H12N6O3/c23-15-14(12-4-2-1-3-5-12)19-21-16(18-15)20-17-10-11-6-8-13(9-7-11)22(24)25/h1-10H,(H2,18,20,21,23). The summed E-state index contributed by atoms with van der Waals surface area (Å²) in [6.07, 6.45) is 1.44. The fourth-order valence-corrected chi connectivity index (χ4v) is 2.02. The maximum absolute atomic E-state index is 12.1. The highest BCUT2D eigenvalue weighted by Gasteiger charge is 2.06. The van der Waals surface area contributed by atoms with Crippen molar-refractivity contribution in [2.45, 2.75) is 0 Å². The van der Waals surface area contributed by atoms with Gasteiger partial charge in [-0.3, -0.25) is 19.9 Å². The zero-order valence-corrected chi connectivity index (χ0v) is 12.8. The van der Waals surface area contributed by atoms with E-state index in [-0.39, 0.29) is 17.3 Å². The zero-order valence-electron chi connectivity index (χ0n) is 12.8. The summed E-state index contributed by atoms with van der Waals surface area (Å²) in [4.78, 5) is 24.7. The van der Waals surface area contributed by atoms with Gasteiger partial charge in [0.15, 0.2) is 5.69 Å². The Kier molecular flexibility index (Phi) is 4.56. The molecule has 0 saturated heterocycles. The fraction of sp³-hybridized carbons (Fsp3) is 0. The van der Waals surface area contributed by atoms with Crippen LogP contribution in [0.4, 0.5) is 11.6 Å². The normalized spacial score (nSPS) is 10.7. The number of hydrogen-bond acceptors (Lipinski definition) is 7. The van der Waals surface area contributed by atoms with E-state index in [2.05, 4.69) is 25.7 Å². The van der Waals surface area contributed by atoms with Crippen molar-refractivity contribution >= 4 is 17.9 Å². The lowest BCUT2D eigenvalue weighted by atomic mass is 10.2. The molecule has 0 atom stereocenters. The van der Waals surface area contributed by atoms with Crippen molar-refractivity contribution in [2.75, 3.05) is 5.43 Å². The first-order chi connectivity index (χ1) is 12.1. The van der Waals surface area contributed by atoms with Gasteiger partial charge in [0.2, 0.25) is 5.95 Å². The van der Waals surface area contributed by atoms with Crippen LogP contribution in [0.15, 0.2) is 64.5 Å². The molecule has 25 heavy (non-hydrogen) atoms. The van der Waals surface area contributed by atoms with Crippen LogP contribution in [-0.2, 0) is 0 Å². The number of hydrogen-bond donors (Lipinski definition) is 2. The Balaban J connectivity index is 1.70. The van der Waals surface area contributed by atoms with Crippen LogP contribution in [0.2, 0.25) is 0 Å². The summed E-state index contributed by atoms with van der Waals surface area (Å²) in [6, 6.07) is 14.8. The molecule has 2 N–H and O–H groups in total. The number of rotatable bonds is 5. The third kappa shape index (κ3) is 3.91. The number of nitro groups is 1. The second kappa shape index (κ2) is 7.13. The van der Waals surface area contributed by atoms with E-state index in [1.54, 1.807) is 36.4 Å². The first-order valence-electron chi connectivity index (χ1n) is 7.19. The molecule has 0 aliphatic carbocycles. The molecule has 1 heterocycles. The Bertz CT molecular complexity index is 967. The number of nitro benzene ring substituents is 1. The van der Waals surface area contributed by atoms with Gasteiger partial charge >= 0.3 is 0 Å². The summed E-state index contributed by atoms with van der Waals surface area (Å²) in [5.74, 6) is 0.0860. The highest BCUT2D eigenvalue weighted by Crippen LogP contribution is 2.11. The van der Waals surface area contributed by atoms with E-state index in [0.29, 0.717) is 11.1 Å². The van der Waals surface area contributed by atoms with Crippen LogP contribution in [0, 0.1) is 10.1 Å². The summed E-state index contributed by atoms with van der Waals surface area (Å²) in [6.45, 7) is 0. The number of non-ortho nitro benzene ring substituents is 1. The number of H-pyrrole nitrogens is 1. The van der Waals surface area contributed by atoms with Gasteiger partial charge < -0.3 is 0 Å². The average molecular weight is 336 g/mol. The first-order valence-corrected chi connectivity index (χ1v) is 7.19. The smallest absolute Gasteiger partial charge is 0.279 e. The molecule has 9 nitrogen and oxygen atoms in total. The molecule has 9 heteroatoms. The Labute approximate surface area is 141 Å².